The predicted octanol–water partition coefficient (Wildman–Crippen LogP) is 3.89. The number of allylic oxidation sites excluding steroid dienone is 1. The molecular formula is C20H15FN2OS. The van der Waals surface area contributed by atoms with Crippen LogP contribution >= 0.6 is 12.2 Å². The van der Waals surface area contributed by atoms with Gasteiger partial charge in [0.1, 0.15) is 5.82 Å². The van der Waals surface area contributed by atoms with Crippen molar-refractivity contribution in [2.24, 2.45) is 16.6 Å². The third-order valence-electron chi connectivity index (χ3n) is 4.86. The topological polar surface area (TPSA) is 55.5 Å². The number of carbonyl (C=O) groups excluding carboxylic acids is 1. The van der Waals surface area contributed by atoms with Crippen molar-refractivity contribution in [3.63, 3.8) is 0 Å². The van der Waals surface area contributed by atoms with Crippen LogP contribution in [0.4, 0.5) is 4.39 Å². The summed E-state index contributed by atoms with van der Waals surface area (Å²) in [5, 5.41) is 0. The van der Waals surface area contributed by atoms with Crippen LogP contribution in [-0.4, -0.2) is 16.5 Å². The van der Waals surface area contributed by atoms with E-state index in [1.165, 1.54) is 6.07 Å². The number of ketones is 1. The molecule has 2 aliphatic rings. The van der Waals surface area contributed by atoms with Crippen LogP contribution in [0.5, 0.6) is 0 Å². The lowest BCUT2D eigenvalue weighted by molar-refractivity contribution is 0.103. The molecule has 0 bridgehead atoms. The fourth-order valence-electron chi connectivity index (χ4n) is 3.78. The molecule has 25 heavy (non-hydrogen) atoms. The highest BCUT2D eigenvalue weighted by atomic mass is 32.1. The molecule has 2 N–H and O–H groups in total. The first-order valence-corrected chi connectivity index (χ1v) is 8.38. The Morgan fingerprint density at radius 2 is 1.76 bits per heavy atom. The van der Waals surface area contributed by atoms with Crippen LogP contribution in [0, 0.1) is 11.7 Å². The van der Waals surface area contributed by atoms with Crippen LogP contribution in [0.3, 0.4) is 0 Å². The van der Waals surface area contributed by atoms with E-state index in [9.17, 15) is 9.18 Å². The van der Waals surface area contributed by atoms with E-state index in [1.807, 2.05) is 25.1 Å². The van der Waals surface area contributed by atoms with Gasteiger partial charge in [-0.15, -0.1) is 0 Å². The van der Waals surface area contributed by atoms with Gasteiger partial charge in [-0.3, -0.25) is 9.79 Å². The third-order valence-corrected chi connectivity index (χ3v) is 5.11. The van der Waals surface area contributed by atoms with E-state index in [1.54, 1.807) is 24.3 Å². The Labute approximate surface area is 150 Å². The molecule has 0 spiro atoms. The minimum absolute atomic E-state index is 0.128. The predicted molar refractivity (Wildman–Crippen MR) is 100 cm³/mol. The molecule has 0 aromatic heterocycles. The summed E-state index contributed by atoms with van der Waals surface area (Å²) in [4.78, 5) is 17.9. The van der Waals surface area contributed by atoms with Gasteiger partial charge < -0.3 is 5.73 Å². The Bertz CT molecular complexity index is 993. The SMILES string of the molecule is CC1=NC2=C(C(=O)c3ccccc32)C(c2ccccc2F)C1C(N)=S. The Morgan fingerprint density at radius 3 is 2.44 bits per heavy atom. The lowest BCUT2D eigenvalue weighted by Gasteiger charge is -2.31. The molecule has 1 aliphatic heterocycles. The molecule has 2 aromatic carbocycles. The van der Waals surface area contributed by atoms with E-state index in [0.29, 0.717) is 28.1 Å². The van der Waals surface area contributed by atoms with Crippen molar-refractivity contribution < 1.29 is 9.18 Å². The maximum Gasteiger partial charge on any atom is 0.192 e. The second kappa shape index (κ2) is 5.70. The largest absolute Gasteiger partial charge is 0.393 e. The highest BCUT2D eigenvalue weighted by Crippen LogP contribution is 2.48. The van der Waals surface area contributed by atoms with E-state index >= 15 is 0 Å². The van der Waals surface area contributed by atoms with Gasteiger partial charge in [0.25, 0.3) is 0 Å². The maximum atomic E-state index is 14.6. The van der Waals surface area contributed by atoms with E-state index in [2.05, 4.69) is 4.99 Å². The number of benzene rings is 2. The molecular weight excluding hydrogens is 335 g/mol. The van der Waals surface area contributed by atoms with Crippen molar-refractivity contribution in [2.45, 2.75) is 12.8 Å². The molecule has 0 fully saturated rings. The summed E-state index contributed by atoms with van der Waals surface area (Å²) in [6.07, 6.45) is 0. The number of nitrogens with zero attached hydrogens (tertiary/aromatic N) is 1. The molecule has 2 unspecified atom stereocenters. The molecule has 0 amide bonds. The molecule has 124 valence electrons. The number of carbonyl (C=O) groups is 1. The van der Waals surface area contributed by atoms with E-state index in [4.69, 9.17) is 18.0 Å². The summed E-state index contributed by atoms with van der Waals surface area (Å²) >= 11 is 5.24. The van der Waals surface area contributed by atoms with E-state index < -0.39 is 11.8 Å². The second-order valence-electron chi connectivity index (χ2n) is 6.27. The number of aliphatic imine (C=N–C) groups is 1. The molecule has 3 nitrogen and oxygen atoms in total. The number of hydrogen-bond donors (Lipinski definition) is 1. The van der Waals surface area contributed by atoms with Gasteiger partial charge in [-0.1, -0.05) is 54.7 Å². The smallest absolute Gasteiger partial charge is 0.192 e. The van der Waals surface area contributed by atoms with Gasteiger partial charge in [-0.2, -0.15) is 0 Å². The number of halogens is 1. The molecule has 4 rings (SSSR count). The number of Topliss-reactive ketones (excluding diaryl/α,β-unsaturated/α-hetero) is 1. The minimum Gasteiger partial charge on any atom is -0.393 e. The lowest BCUT2D eigenvalue weighted by atomic mass is 9.75. The standard InChI is InChI=1S/C20H15FN2OS/c1-10-15(20(22)25)16(13-8-4-5-9-14(13)21)17-18(23-10)11-6-2-3-7-12(11)19(17)24/h2-9,15-16H,1H3,(H2,22,25). The van der Waals surface area contributed by atoms with Crippen molar-refractivity contribution in [3.8, 4) is 0 Å². The first-order valence-electron chi connectivity index (χ1n) is 7.98. The van der Waals surface area contributed by atoms with Crippen LogP contribution in [0.1, 0.15) is 34.3 Å². The first-order chi connectivity index (χ1) is 12.0. The zero-order valence-electron chi connectivity index (χ0n) is 13.5. The monoisotopic (exact) mass is 350 g/mol. The quantitative estimate of drug-likeness (QED) is 0.836. The van der Waals surface area contributed by atoms with Gasteiger partial charge in [0.05, 0.1) is 16.6 Å². The van der Waals surface area contributed by atoms with Crippen LogP contribution in [0.15, 0.2) is 59.1 Å². The van der Waals surface area contributed by atoms with Crippen molar-refractivity contribution in [2.75, 3.05) is 0 Å². The molecule has 0 saturated carbocycles. The summed E-state index contributed by atoms with van der Waals surface area (Å²) in [6, 6.07) is 13.8. The number of fused-ring (bicyclic) bond motifs is 2. The second-order valence-corrected chi connectivity index (χ2v) is 6.74. The molecule has 0 radical (unpaired) electrons. The lowest BCUT2D eigenvalue weighted by Crippen LogP contribution is -2.37. The van der Waals surface area contributed by atoms with Gasteiger partial charge in [0, 0.05) is 28.3 Å². The van der Waals surface area contributed by atoms with Crippen LogP contribution in [0.25, 0.3) is 5.70 Å². The Balaban J connectivity index is 2.00. The van der Waals surface area contributed by atoms with Crippen molar-refractivity contribution in [1.82, 2.24) is 0 Å². The van der Waals surface area contributed by atoms with Gasteiger partial charge in [-0.05, 0) is 18.6 Å². The van der Waals surface area contributed by atoms with Crippen molar-refractivity contribution >= 4 is 34.4 Å². The number of thiocarbonyl (C=S) groups is 1. The van der Waals surface area contributed by atoms with Crippen molar-refractivity contribution in [1.29, 1.82) is 0 Å². The Hall–Kier alpha value is -2.66. The summed E-state index contributed by atoms with van der Waals surface area (Å²) in [6.45, 7) is 1.83. The summed E-state index contributed by atoms with van der Waals surface area (Å²) in [5.41, 5.74) is 9.55. The minimum atomic E-state index is -0.564. The normalized spacial score (nSPS) is 21.7. The van der Waals surface area contributed by atoms with Crippen LogP contribution in [-0.2, 0) is 0 Å². The average molecular weight is 350 g/mol. The van der Waals surface area contributed by atoms with Gasteiger partial charge in [0.2, 0.25) is 0 Å². The first kappa shape index (κ1) is 15.8. The molecule has 2 atom stereocenters. The molecule has 5 heteroatoms. The molecule has 1 heterocycles. The van der Waals surface area contributed by atoms with Crippen LogP contribution in [0.2, 0.25) is 0 Å². The van der Waals surface area contributed by atoms with Gasteiger partial charge >= 0.3 is 0 Å². The maximum absolute atomic E-state index is 14.6. The highest BCUT2D eigenvalue weighted by Gasteiger charge is 2.44. The third kappa shape index (κ3) is 2.27. The Kier molecular flexibility index (Phi) is 3.62. The fourth-order valence-corrected chi connectivity index (χ4v) is 4.09. The molecule has 1 aliphatic carbocycles. The number of hydrogen-bond acceptors (Lipinski definition) is 3. The zero-order valence-corrected chi connectivity index (χ0v) is 14.3. The highest BCUT2D eigenvalue weighted by molar-refractivity contribution is 7.80. The van der Waals surface area contributed by atoms with Gasteiger partial charge in [-0.25, -0.2) is 4.39 Å². The summed E-state index contributed by atoms with van der Waals surface area (Å²) < 4.78 is 14.6. The van der Waals surface area contributed by atoms with E-state index in [-0.39, 0.29) is 16.6 Å². The summed E-state index contributed by atoms with van der Waals surface area (Å²) in [7, 11) is 0. The molecule has 0 saturated heterocycles. The Morgan fingerprint density at radius 1 is 1.12 bits per heavy atom. The average Bonchev–Trinajstić information content (AvgIpc) is 2.87. The van der Waals surface area contributed by atoms with Crippen LogP contribution < -0.4 is 5.73 Å². The fraction of sp³-hybridized carbons (Fsp3) is 0.150. The number of rotatable bonds is 2. The number of nitrogens with two attached hydrogens (primary N) is 1. The van der Waals surface area contributed by atoms with E-state index in [0.717, 1.165) is 5.56 Å². The van der Waals surface area contributed by atoms with Gasteiger partial charge in [0.15, 0.2) is 5.78 Å². The van der Waals surface area contributed by atoms with Crippen molar-refractivity contribution in [3.05, 3.63) is 76.6 Å². The molecule has 2 aromatic rings. The summed E-state index contributed by atoms with van der Waals surface area (Å²) in [5.74, 6) is -1.55. The zero-order chi connectivity index (χ0) is 17.7.